The van der Waals surface area contributed by atoms with Gasteiger partial charge in [-0.3, -0.25) is 9.59 Å². The van der Waals surface area contributed by atoms with Crippen molar-refractivity contribution in [2.24, 2.45) is 0 Å². The summed E-state index contributed by atoms with van der Waals surface area (Å²) in [5.41, 5.74) is 0. The first-order valence-corrected chi connectivity index (χ1v) is 3.51. The molecule has 1 atom stereocenters. The lowest BCUT2D eigenvalue weighted by molar-refractivity contribution is -0.140. The molecule has 0 aliphatic rings. The standard InChI is InChI=1S/C8H11NO3/c1-3-4-6(2)9-7(10)5-8(11)12/h1,6H,4-5H2,2H3,(H,9,10)(H,11,12). The van der Waals surface area contributed by atoms with E-state index >= 15 is 0 Å². The van der Waals surface area contributed by atoms with E-state index in [4.69, 9.17) is 11.5 Å². The van der Waals surface area contributed by atoms with E-state index < -0.39 is 18.3 Å². The Balaban J connectivity index is 3.70. The van der Waals surface area contributed by atoms with Crippen molar-refractivity contribution in [3.8, 4) is 12.3 Å². The average Bonchev–Trinajstić information content (AvgIpc) is 1.84. The van der Waals surface area contributed by atoms with Crippen LogP contribution in [0.5, 0.6) is 0 Å². The molecule has 66 valence electrons. The van der Waals surface area contributed by atoms with E-state index in [9.17, 15) is 9.59 Å². The highest BCUT2D eigenvalue weighted by atomic mass is 16.4. The van der Waals surface area contributed by atoms with Gasteiger partial charge in [-0.05, 0) is 6.92 Å². The predicted octanol–water partition coefficient (Wildman–Crippen LogP) is -0.0109. The third-order valence-electron chi connectivity index (χ3n) is 1.14. The minimum Gasteiger partial charge on any atom is -0.481 e. The monoisotopic (exact) mass is 169 g/mol. The summed E-state index contributed by atoms with van der Waals surface area (Å²) in [4.78, 5) is 20.8. The molecule has 0 aromatic carbocycles. The fraction of sp³-hybridized carbons (Fsp3) is 0.500. The highest BCUT2D eigenvalue weighted by Gasteiger charge is 2.09. The van der Waals surface area contributed by atoms with Crippen molar-refractivity contribution in [2.75, 3.05) is 0 Å². The van der Waals surface area contributed by atoms with Crippen LogP contribution in [0.4, 0.5) is 0 Å². The van der Waals surface area contributed by atoms with Gasteiger partial charge in [0.1, 0.15) is 6.42 Å². The quantitative estimate of drug-likeness (QED) is 0.459. The molecule has 0 saturated heterocycles. The van der Waals surface area contributed by atoms with E-state index in [0.29, 0.717) is 6.42 Å². The first kappa shape index (κ1) is 10.5. The Morgan fingerprint density at radius 2 is 2.25 bits per heavy atom. The Labute approximate surface area is 71.0 Å². The molecule has 0 fully saturated rings. The van der Waals surface area contributed by atoms with Crippen molar-refractivity contribution >= 4 is 11.9 Å². The molecule has 0 aromatic rings. The van der Waals surface area contributed by atoms with Gasteiger partial charge in [0.25, 0.3) is 0 Å². The van der Waals surface area contributed by atoms with Crippen LogP contribution >= 0.6 is 0 Å². The van der Waals surface area contributed by atoms with Crippen LogP contribution in [0.25, 0.3) is 0 Å². The van der Waals surface area contributed by atoms with Gasteiger partial charge >= 0.3 is 5.97 Å². The zero-order chi connectivity index (χ0) is 9.56. The summed E-state index contributed by atoms with van der Waals surface area (Å²) in [5.74, 6) is 0.716. The summed E-state index contributed by atoms with van der Waals surface area (Å²) in [6.07, 6.45) is 4.89. The molecule has 0 bridgehead atoms. The Morgan fingerprint density at radius 1 is 1.67 bits per heavy atom. The largest absolute Gasteiger partial charge is 0.481 e. The summed E-state index contributed by atoms with van der Waals surface area (Å²) in [6.45, 7) is 1.72. The lowest BCUT2D eigenvalue weighted by Crippen LogP contribution is -2.33. The molecule has 4 nitrogen and oxygen atoms in total. The van der Waals surface area contributed by atoms with Crippen molar-refractivity contribution in [3.63, 3.8) is 0 Å². The maximum absolute atomic E-state index is 10.8. The van der Waals surface area contributed by atoms with Gasteiger partial charge < -0.3 is 10.4 Å². The van der Waals surface area contributed by atoms with Crippen molar-refractivity contribution in [3.05, 3.63) is 0 Å². The Kier molecular flexibility index (Phi) is 4.54. The number of hydrogen-bond acceptors (Lipinski definition) is 2. The fourth-order valence-electron chi connectivity index (χ4n) is 0.691. The first-order chi connectivity index (χ1) is 5.56. The molecule has 0 spiro atoms. The molecule has 0 aliphatic heterocycles. The maximum atomic E-state index is 10.8. The molecular formula is C8H11NO3. The highest BCUT2D eigenvalue weighted by Crippen LogP contribution is 1.89. The summed E-state index contributed by atoms with van der Waals surface area (Å²) in [7, 11) is 0. The molecule has 1 unspecified atom stereocenters. The van der Waals surface area contributed by atoms with Gasteiger partial charge in [-0.15, -0.1) is 12.3 Å². The number of rotatable bonds is 4. The lowest BCUT2D eigenvalue weighted by Gasteiger charge is -2.08. The number of carbonyl (C=O) groups is 2. The number of amides is 1. The van der Waals surface area contributed by atoms with Gasteiger partial charge in [0.2, 0.25) is 5.91 Å². The van der Waals surface area contributed by atoms with Crippen LogP contribution in [0.15, 0.2) is 0 Å². The molecule has 0 saturated carbocycles. The van der Waals surface area contributed by atoms with Crippen LogP contribution in [-0.2, 0) is 9.59 Å². The van der Waals surface area contributed by atoms with Crippen LogP contribution < -0.4 is 5.32 Å². The summed E-state index contributed by atoms with van der Waals surface area (Å²) in [6, 6.07) is -0.165. The molecule has 12 heavy (non-hydrogen) atoms. The first-order valence-electron chi connectivity index (χ1n) is 3.51. The number of hydrogen-bond donors (Lipinski definition) is 2. The van der Waals surface area contributed by atoms with Gasteiger partial charge in [-0.2, -0.15) is 0 Å². The van der Waals surface area contributed by atoms with Crippen LogP contribution in [0.3, 0.4) is 0 Å². The SMILES string of the molecule is C#CCC(C)NC(=O)CC(=O)O. The van der Waals surface area contributed by atoms with Crippen LogP contribution in [0.1, 0.15) is 19.8 Å². The number of carboxylic acids is 1. The molecule has 0 aromatic heterocycles. The number of aliphatic carboxylic acids is 1. The zero-order valence-electron chi connectivity index (χ0n) is 6.83. The Hall–Kier alpha value is -1.50. The Morgan fingerprint density at radius 3 is 2.67 bits per heavy atom. The zero-order valence-corrected chi connectivity index (χ0v) is 6.83. The van der Waals surface area contributed by atoms with Crippen molar-refractivity contribution in [2.45, 2.75) is 25.8 Å². The average molecular weight is 169 g/mol. The Bertz CT molecular complexity index is 217. The van der Waals surface area contributed by atoms with E-state index in [1.165, 1.54) is 0 Å². The van der Waals surface area contributed by atoms with Crippen molar-refractivity contribution in [1.29, 1.82) is 0 Å². The third kappa shape index (κ3) is 5.30. The summed E-state index contributed by atoms with van der Waals surface area (Å²) in [5, 5.41) is 10.7. The smallest absolute Gasteiger partial charge is 0.312 e. The van der Waals surface area contributed by atoms with Gasteiger partial charge in [-0.25, -0.2) is 0 Å². The van der Waals surface area contributed by atoms with Gasteiger partial charge in [0.15, 0.2) is 0 Å². The second-order valence-corrected chi connectivity index (χ2v) is 2.45. The van der Waals surface area contributed by atoms with Crippen LogP contribution in [0.2, 0.25) is 0 Å². The van der Waals surface area contributed by atoms with E-state index in [1.807, 2.05) is 0 Å². The minimum absolute atomic E-state index is 0.165. The van der Waals surface area contributed by atoms with Gasteiger partial charge in [0.05, 0.1) is 0 Å². The van der Waals surface area contributed by atoms with E-state index in [2.05, 4.69) is 11.2 Å². The van der Waals surface area contributed by atoms with Crippen LogP contribution in [0, 0.1) is 12.3 Å². The fourth-order valence-corrected chi connectivity index (χ4v) is 0.691. The lowest BCUT2D eigenvalue weighted by atomic mass is 10.2. The van der Waals surface area contributed by atoms with Gasteiger partial charge in [-0.1, -0.05) is 0 Å². The number of nitrogens with one attached hydrogen (secondary N) is 1. The third-order valence-corrected chi connectivity index (χ3v) is 1.14. The maximum Gasteiger partial charge on any atom is 0.312 e. The van der Waals surface area contributed by atoms with E-state index in [1.54, 1.807) is 6.92 Å². The number of carboxylic acid groups (broad SMARTS) is 1. The molecule has 0 radical (unpaired) electrons. The molecular weight excluding hydrogens is 158 g/mol. The van der Waals surface area contributed by atoms with Crippen LogP contribution in [-0.4, -0.2) is 23.0 Å². The molecule has 0 rings (SSSR count). The molecule has 1 amide bonds. The normalized spacial score (nSPS) is 11.3. The van der Waals surface area contributed by atoms with Gasteiger partial charge in [0, 0.05) is 12.5 Å². The molecule has 2 N–H and O–H groups in total. The number of carbonyl (C=O) groups excluding carboxylic acids is 1. The molecule has 4 heteroatoms. The van der Waals surface area contributed by atoms with Crippen molar-refractivity contribution in [1.82, 2.24) is 5.32 Å². The van der Waals surface area contributed by atoms with E-state index in [-0.39, 0.29) is 6.04 Å². The number of terminal acetylenes is 1. The second kappa shape index (κ2) is 5.19. The summed E-state index contributed by atoms with van der Waals surface area (Å²) >= 11 is 0. The molecule has 0 aliphatic carbocycles. The van der Waals surface area contributed by atoms with Crippen molar-refractivity contribution < 1.29 is 14.7 Å². The highest BCUT2D eigenvalue weighted by molar-refractivity contribution is 5.93. The predicted molar refractivity (Wildman–Crippen MR) is 43.3 cm³/mol. The topological polar surface area (TPSA) is 66.4 Å². The molecule has 0 heterocycles. The minimum atomic E-state index is -1.14. The summed E-state index contributed by atoms with van der Waals surface area (Å²) < 4.78 is 0. The second-order valence-electron chi connectivity index (χ2n) is 2.45. The van der Waals surface area contributed by atoms with E-state index in [0.717, 1.165) is 0 Å².